The Labute approximate surface area is 182 Å². The summed E-state index contributed by atoms with van der Waals surface area (Å²) in [5.41, 5.74) is 9.21. The second-order valence-corrected chi connectivity index (χ2v) is 8.09. The number of nitrogens with two attached hydrogens (primary N) is 1. The van der Waals surface area contributed by atoms with Crippen LogP contribution >= 0.6 is 11.6 Å². The molecule has 0 unspecified atom stereocenters. The molecule has 0 aromatic heterocycles. The minimum Gasteiger partial charge on any atom is -0.368 e. The zero-order valence-electron chi connectivity index (χ0n) is 16.8. The maximum Gasteiger partial charge on any atom is 0.239 e. The van der Waals surface area contributed by atoms with E-state index in [2.05, 4.69) is 46.2 Å². The molecule has 0 aliphatic carbocycles. The first-order valence-electron chi connectivity index (χ1n) is 10.3. The molecular weight excluding hydrogens is 394 g/mol. The number of primary amides is 1. The van der Waals surface area contributed by atoms with Crippen molar-refractivity contribution in [1.29, 1.82) is 0 Å². The Morgan fingerprint density at radius 1 is 0.700 bits per heavy atom. The SMILES string of the molecule is NC(=O)[C@@H](c1ccccc1)N1CCN([C@@H](c2ccccc2)c2ccc(Cl)cc2)CC1. The minimum absolute atomic E-state index is 0.148. The first-order valence-corrected chi connectivity index (χ1v) is 10.6. The molecule has 3 aromatic rings. The number of carbonyl (C=O) groups excluding carboxylic acids is 1. The lowest BCUT2D eigenvalue weighted by atomic mass is 9.96. The van der Waals surface area contributed by atoms with Crippen LogP contribution in [0.15, 0.2) is 84.9 Å². The number of halogens is 1. The molecule has 1 saturated heterocycles. The Balaban J connectivity index is 1.55. The van der Waals surface area contributed by atoms with Crippen molar-refractivity contribution in [2.75, 3.05) is 26.2 Å². The van der Waals surface area contributed by atoms with Gasteiger partial charge < -0.3 is 5.73 Å². The second kappa shape index (κ2) is 9.43. The van der Waals surface area contributed by atoms with Crippen LogP contribution in [-0.4, -0.2) is 41.9 Å². The number of amides is 1. The number of rotatable bonds is 6. The first-order chi connectivity index (χ1) is 14.6. The van der Waals surface area contributed by atoms with Crippen LogP contribution in [0.25, 0.3) is 0 Å². The lowest BCUT2D eigenvalue weighted by Gasteiger charge is -2.42. The topological polar surface area (TPSA) is 49.6 Å². The van der Waals surface area contributed by atoms with Gasteiger partial charge in [-0.3, -0.25) is 14.6 Å². The second-order valence-electron chi connectivity index (χ2n) is 7.65. The summed E-state index contributed by atoms with van der Waals surface area (Å²) in [4.78, 5) is 16.9. The van der Waals surface area contributed by atoms with Crippen LogP contribution in [0.2, 0.25) is 5.02 Å². The molecule has 5 heteroatoms. The summed E-state index contributed by atoms with van der Waals surface area (Å²) in [6.45, 7) is 3.25. The van der Waals surface area contributed by atoms with Crippen molar-refractivity contribution in [1.82, 2.24) is 9.80 Å². The molecule has 0 radical (unpaired) electrons. The van der Waals surface area contributed by atoms with E-state index in [-0.39, 0.29) is 18.0 Å². The Bertz CT molecular complexity index is 955. The summed E-state index contributed by atoms with van der Waals surface area (Å²) >= 11 is 6.13. The molecule has 1 heterocycles. The third-order valence-electron chi connectivity index (χ3n) is 5.77. The Morgan fingerprint density at radius 3 is 1.70 bits per heavy atom. The van der Waals surface area contributed by atoms with Crippen LogP contribution in [0, 0.1) is 0 Å². The van der Waals surface area contributed by atoms with Gasteiger partial charge in [-0.25, -0.2) is 0 Å². The van der Waals surface area contributed by atoms with Crippen molar-refractivity contribution in [3.05, 3.63) is 107 Å². The minimum atomic E-state index is -0.390. The van der Waals surface area contributed by atoms with Gasteiger partial charge >= 0.3 is 0 Å². The average molecular weight is 420 g/mol. The average Bonchev–Trinajstić information content (AvgIpc) is 2.78. The van der Waals surface area contributed by atoms with E-state index in [0.29, 0.717) is 0 Å². The maximum atomic E-state index is 12.2. The van der Waals surface area contributed by atoms with Gasteiger partial charge in [0.15, 0.2) is 0 Å². The third kappa shape index (κ3) is 4.57. The van der Waals surface area contributed by atoms with Gasteiger partial charge in [0, 0.05) is 31.2 Å². The Morgan fingerprint density at radius 2 is 1.17 bits per heavy atom. The molecule has 0 bridgehead atoms. The van der Waals surface area contributed by atoms with E-state index in [0.717, 1.165) is 36.8 Å². The van der Waals surface area contributed by atoms with E-state index in [4.69, 9.17) is 17.3 Å². The van der Waals surface area contributed by atoms with Gasteiger partial charge in [-0.15, -0.1) is 0 Å². The number of hydrogen-bond donors (Lipinski definition) is 1. The van der Waals surface area contributed by atoms with E-state index in [1.165, 1.54) is 11.1 Å². The zero-order chi connectivity index (χ0) is 20.9. The van der Waals surface area contributed by atoms with Crippen molar-refractivity contribution in [2.45, 2.75) is 12.1 Å². The summed E-state index contributed by atoms with van der Waals surface area (Å²) in [5.74, 6) is -0.299. The highest BCUT2D eigenvalue weighted by Gasteiger charge is 2.32. The van der Waals surface area contributed by atoms with Crippen molar-refractivity contribution in [3.8, 4) is 0 Å². The highest BCUT2D eigenvalue weighted by molar-refractivity contribution is 6.30. The number of hydrogen-bond acceptors (Lipinski definition) is 3. The van der Waals surface area contributed by atoms with E-state index >= 15 is 0 Å². The molecule has 2 atom stereocenters. The summed E-state index contributed by atoms with van der Waals surface area (Å²) in [5, 5.41) is 0.738. The third-order valence-corrected chi connectivity index (χ3v) is 6.02. The van der Waals surface area contributed by atoms with Crippen molar-refractivity contribution in [2.24, 2.45) is 5.73 Å². The van der Waals surface area contributed by atoms with Gasteiger partial charge in [-0.05, 0) is 28.8 Å². The molecule has 3 aromatic carbocycles. The van der Waals surface area contributed by atoms with Gasteiger partial charge in [0.05, 0.1) is 6.04 Å². The lowest BCUT2D eigenvalue weighted by molar-refractivity contribution is -0.124. The van der Waals surface area contributed by atoms with E-state index in [1.54, 1.807) is 0 Å². The normalized spacial score (nSPS) is 17.4. The van der Waals surface area contributed by atoms with Gasteiger partial charge in [0.2, 0.25) is 5.91 Å². The number of nitrogens with zero attached hydrogens (tertiary/aromatic N) is 2. The van der Waals surface area contributed by atoms with Crippen LogP contribution in [0.1, 0.15) is 28.8 Å². The molecule has 0 saturated carbocycles. The summed E-state index contributed by atoms with van der Waals surface area (Å²) in [7, 11) is 0. The molecular formula is C25H26ClN3O. The fourth-order valence-electron chi connectivity index (χ4n) is 4.34. The number of benzene rings is 3. The molecule has 4 nitrogen and oxygen atoms in total. The molecule has 2 N–H and O–H groups in total. The smallest absolute Gasteiger partial charge is 0.239 e. The van der Waals surface area contributed by atoms with Crippen LogP contribution in [0.5, 0.6) is 0 Å². The monoisotopic (exact) mass is 419 g/mol. The predicted octanol–water partition coefficient (Wildman–Crippen LogP) is 4.27. The molecule has 0 spiro atoms. The van der Waals surface area contributed by atoms with Gasteiger partial charge in [0.1, 0.15) is 6.04 Å². The number of carbonyl (C=O) groups is 1. The fraction of sp³-hybridized carbons (Fsp3) is 0.240. The van der Waals surface area contributed by atoms with Gasteiger partial charge in [0.25, 0.3) is 0 Å². The van der Waals surface area contributed by atoms with Crippen LogP contribution in [-0.2, 0) is 4.79 Å². The van der Waals surface area contributed by atoms with Gasteiger partial charge in [-0.2, -0.15) is 0 Å². The Hall–Kier alpha value is -2.66. The molecule has 4 rings (SSSR count). The van der Waals surface area contributed by atoms with Crippen LogP contribution in [0.3, 0.4) is 0 Å². The predicted molar refractivity (Wildman–Crippen MR) is 121 cm³/mol. The summed E-state index contributed by atoms with van der Waals surface area (Å²) in [6, 6.07) is 28.2. The molecule has 1 aliphatic rings. The summed E-state index contributed by atoms with van der Waals surface area (Å²) in [6.07, 6.45) is 0. The Kier molecular flexibility index (Phi) is 6.48. The van der Waals surface area contributed by atoms with Crippen LogP contribution < -0.4 is 5.73 Å². The zero-order valence-corrected chi connectivity index (χ0v) is 17.6. The highest BCUT2D eigenvalue weighted by Crippen LogP contribution is 2.32. The van der Waals surface area contributed by atoms with Crippen molar-refractivity contribution >= 4 is 17.5 Å². The number of piperazine rings is 1. The van der Waals surface area contributed by atoms with Crippen LogP contribution in [0.4, 0.5) is 0 Å². The maximum absolute atomic E-state index is 12.2. The highest BCUT2D eigenvalue weighted by atomic mass is 35.5. The first kappa shape index (κ1) is 20.6. The van der Waals surface area contributed by atoms with E-state index < -0.39 is 0 Å². The lowest BCUT2D eigenvalue weighted by Crippen LogP contribution is -2.51. The quantitative estimate of drug-likeness (QED) is 0.649. The molecule has 1 fully saturated rings. The van der Waals surface area contributed by atoms with Gasteiger partial charge in [-0.1, -0.05) is 84.4 Å². The van der Waals surface area contributed by atoms with E-state index in [9.17, 15) is 4.79 Å². The van der Waals surface area contributed by atoms with Crippen molar-refractivity contribution < 1.29 is 4.79 Å². The molecule has 1 aliphatic heterocycles. The molecule has 30 heavy (non-hydrogen) atoms. The molecule has 1 amide bonds. The fourth-order valence-corrected chi connectivity index (χ4v) is 4.46. The largest absolute Gasteiger partial charge is 0.368 e. The molecule has 154 valence electrons. The summed E-state index contributed by atoms with van der Waals surface area (Å²) < 4.78 is 0. The van der Waals surface area contributed by atoms with Crippen molar-refractivity contribution in [3.63, 3.8) is 0 Å². The standard InChI is InChI=1S/C25H26ClN3O/c26-22-13-11-21(12-14-22)23(19-7-3-1-4-8-19)28-15-17-29(18-16-28)24(25(27)30)20-9-5-2-6-10-20/h1-14,23-24H,15-18H2,(H2,27,30)/t23-,24+/m0/s1. The van der Waals surface area contributed by atoms with E-state index in [1.807, 2.05) is 48.5 Å².